The van der Waals surface area contributed by atoms with E-state index in [1.54, 1.807) is 11.3 Å². The summed E-state index contributed by atoms with van der Waals surface area (Å²) in [4.78, 5) is 16.0. The van der Waals surface area contributed by atoms with Gasteiger partial charge >= 0.3 is 0 Å². The zero-order valence-corrected chi connectivity index (χ0v) is 18.7. The smallest absolute Gasteiger partial charge is 0.162 e. The number of aliphatic hydroxyl groups is 1. The molecule has 1 atom stereocenters. The molecule has 1 N–H and O–H groups in total. The molecule has 0 aliphatic heterocycles. The molecule has 1 unspecified atom stereocenters. The molecule has 2 aromatic carbocycles. The van der Waals surface area contributed by atoms with Gasteiger partial charge in [0.2, 0.25) is 0 Å². The van der Waals surface area contributed by atoms with Crippen LogP contribution in [0.2, 0.25) is 0 Å². The molecule has 0 spiro atoms. The molecular weight excluding hydrogens is 547 g/mol. The Morgan fingerprint density at radius 3 is 2.50 bits per heavy atom. The molecule has 5 heteroatoms. The number of para-hydroxylation sites is 1. The van der Waals surface area contributed by atoms with Crippen molar-refractivity contribution in [2.24, 2.45) is 5.92 Å². The maximum atomic E-state index is 11.4. The van der Waals surface area contributed by atoms with Crippen molar-refractivity contribution in [2.45, 2.75) is 38.5 Å². The summed E-state index contributed by atoms with van der Waals surface area (Å²) < 4.78 is 1.23. The molecule has 3 nitrogen and oxygen atoms in total. The van der Waals surface area contributed by atoms with Gasteiger partial charge in [-0.15, -0.1) is 35.9 Å². The number of fused-ring (bicyclic) bond motifs is 2. The van der Waals surface area contributed by atoms with Gasteiger partial charge in [0, 0.05) is 48.2 Å². The topological polar surface area (TPSA) is 50.2 Å². The van der Waals surface area contributed by atoms with E-state index in [4.69, 9.17) is 0 Å². The predicted octanol–water partition coefficient (Wildman–Crippen LogP) is 6.11. The number of allylic oxidation sites excluding steroid dienone is 2. The molecular formula is C23H22IrNO2S-. The average molecular weight is 569 g/mol. The molecule has 1 aromatic heterocycles. The summed E-state index contributed by atoms with van der Waals surface area (Å²) in [5.74, 6) is 0.972. The van der Waals surface area contributed by atoms with Crippen LogP contribution < -0.4 is 0 Å². The number of aliphatic hydroxyl groups excluding tert-OH is 1. The molecule has 0 amide bonds. The second kappa shape index (κ2) is 9.60. The third-order valence-corrected chi connectivity index (χ3v) is 6.25. The number of ketones is 1. The maximum Gasteiger partial charge on any atom is 0.162 e. The van der Waals surface area contributed by atoms with Crippen LogP contribution in [0.3, 0.4) is 0 Å². The molecule has 1 fully saturated rings. The summed E-state index contributed by atoms with van der Waals surface area (Å²) in [5, 5.41) is 10.6. The van der Waals surface area contributed by atoms with Crippen LogP contribution in [0.15, 0.2) is 59.9 Å². The fraction of sp³-hybridized carbons (Fsp3) is 0.304. The minimum atomic E-state index is 0. The number of thiazole rings is 1. The van der Waals surface area contributed by atoms with E-state index in [9.17, 15) is 9.90 Å². The van der Waals surface area contributed by atoms with Crippen LogP contribution in [0, 0.1) is 12.0 Å². The van der Waals surface area contributed by atoms with Gasteiger partial charge < -0.3 is 5.11 Å². The average Bonchev–Trinajstić information content (AvgIpc) is 3.14. The number of carbonyl (C=O) groups is 1. The zero-order chi connectivity index (χ0) is 18.6. The van der Waals surface area contributed by atoms with Gasteiger partial charge in [-0.3, -0.25) is 9.78 Å². The van der Waals surface area contributed by atoms with Crippen molar-refractivity contribution in [1.29, 1.82) is 0 Å². The molecule has 5 rings (SSSR count). The number of aromatic nitrogens is 1. The normalized spacial score (nSPS) is 18.7. The Bertz CT molecular complexity index is 947. The van der Waals surface area contributed by atoms with E-state index in [0.717, 1.165) is 53.8 Å². The summed E-state index contributed by atoms with van der Waals surface area (Å²) in [6, 6.07) is 19.3. The van der Waals surface area contributed by atoms with Crippen LogP contribution in [-0.4, -0.2) is 15.9 Å². The number of carbonyl (C=O) groups excluding carboxylic acids is 1. The SMILES string of the molecule is O=C1CCCC2CCCC(O)=C12.[Ir].[c-]1ccccc1-c1nc2ccccc2s1. The summed E-state index contributed by atoms with van der Waals surface area (Å²) in [5.41, 5.74) is 2.90. The van der Waals surface area contributed by atoms with Crippen LogP contribution in [0.4, 0.5) is 0 Å². The van der Waals surface area contributed by atoms with Crippen molar-refractivity contribution >= 4 is 27.3 Å². The number of hydrogen-bond acceptors (Lipinski definition) is 4. The first-order valence-electron chi connectivity index (χ1n) is 9.50. The first kappa shape index (κ1) is 20.9. The van der Waals surface area contributed by atoms with E-state index in [1.165, 1.54) is 4.70 Å². The third-order valence-electron chi connectivity index (χ3n) is 5.18. The van der Waals surface area contributed by atoms with Crippen molar-refractivity contribution in [1.82, 2.24) is 4.98 Å². The van der Waals surface area contributed by atoms with Gasteiger partial charge in [-0.05, 0) is 43.7 Å². The molecule has 3 aromatic rings. The molecule has 2 aliphatic carbocycles. The van der Waals surface area contributed by atoms with E-state index in [0.29, 0.717) is 18.1 Å². The van der Waals surface area contributed by atoms with Crippen LogP contribution in [0.5, 0.6) is 0 Å². The first-order valence-corrected chi connectivity index (χ1v) is 10.3. The second-order valence-electron chi connectivity index (χ2n) is 7.03. The zero-order valence-electron chi connectivity index (χ0n) is 15.5. The minimum absolute atomic E-state index is 0. The van der Waals surface area contributed by atoms with Crippen LogP contribution in [0.25, 0.3) is 20.8 Å². The van der Waals surface area contributed by atoms with Crippen LogP contribution in [-0.2, 0) is 24.9 Å². The monoisotopic (exact) mass is 569 g/mol. The Morgan fingerprint density at radius 2 is 1.79 bits per heavy atom. The van der Waals surface area contributed by atoms with Crippen molar-refractivity contribution in [3.05, 3.63) is 65.9 Å². The molecule has 1 radical (unpaired) electrons. The maximum absolute atomic E-state index is 11.4. The summed E-state index contributed by atoms with van der Waals surface area (Å²) >= 11 is 1.71. The van der Waals surface area contributed by atoms with Crippen molar-refractivity contribution in [3.8, 4) is 10.6 Å². The summed E-state index contributed by atoms with van der Waals surface area (Å²) in [6.07, 6.45) is 5.64. The second-order valence-corrected chi connectivity index (χ2v) is 8.06. The minimum Gasteiger partial charge on any atom is -0.512 e. The van der Waals surface area contributed by atoms with E-state index < -0.39 is 0 Å². The van der Waals surface area contributed by atoms with Gasteiger partial charge in [0.05, 0.1) is 11.3 Å². The largest absolute Gasteiger partial charge is 0.512 e. The number of Topliss-reactive ketones (excluding diaryl/α,β-unsaturated/α-hetero) is 1. The molecule has 2 aliphatic rings. The third kappa shape index (κ3) is 4.60. The van der Waals surface area contributed by atoms with E-state index in [2.05, 4.69) is 17.1 Å². The molecule has 28 heavy (non-hydrogen) atoms. The van der Waals surface area contributed by atoms with Gasteiger partial charge in [-0.2, -0.15) is 11.3 Å². The van der Waals surface area contributed by atoms with E-state index >= 15 is 0 Å². The molecule has 1 heterocycles. The van der Waals surface area contributed by atoms with Crippen LogP contribution in [0.1, 0.15) is 38.5 Å². The molecule has 0 bridgehead atoms. The molecule has 0 saturated heterocycles. The molecule has 147 valence electrons. The Labute approximate surface area is 182 Å². The Morgan fingerprint density at radius 1 is 1.04 bits per heavy atom. The molecule has 1 saturated carbocycles. The standard InChI is InChI=1S/C13H8NS.C10H14O2.Ir/c1-2-6-10(7-3-1)13-14-11-8-4-5-9-12(11)15-13;11-8-5-1-3-7-4-2-6-9(12)10(7)8;/h1-6,8-9H;7,11H,1-6H2;/q-1;;. The van der Waals surface area contributed by atoms with Crippen LogP contribution >= 0.6 is 11.3 Å². The number of rotatable bonds is 1. The summed E-state index contributed by atoms with van der Waals surface area (Å²) in [7, 11) is 0. The first-order chi connectivity index (χ1) is 13.2. The fourth-order valence-electron chi connectivity index (χ4n) is 3.87. The van der Waals surface area contributed by atoms with Gasteiger partial charge in [-0.25, -0.2) is 0 Å². The Hall–Kier alpha value is -1.81. The quantitative estimate of drug-likeness (QED) is 0.361. The van der Waals surface area contributed by atoms with Crippen molar-refractivity contribution in [2.75, 3.05) is 0 Å². The van der Waals surface area contributed by atoms with Gasteiger partial charge in [-0.1, -0.05) is 12.1 Å². The van der Waals surface area contributed by atoms with Gasteiger partial charge in [0.25, 0.3) is 0 Å². The van der Waals surface area contributed by atoms with E-state index in [-0.39, 0.29) is 25.9 Å². The predicted molar refractivity (Wildman–Crippen MR) is 110 cm³/mol. The van der Waals surface area contributed by atoms with Gasteiger partial charge in [0.15, 0.2) is 5.78 Å². The number of nitrogens with zero attached hydrogens (tertiary/aromatic N) is 1. The fourth-order valence-corrected chi connectivity index (χ4v) is 4.82. The Balaban J connectivity index is 0.000000159. The van der Waals surface area contributed by atoms with Crippen molar-refractivity contribution in [3.63, 3.8) is 0 Å². The number of hydrogen-bond donors (Lipinski definition) is 1. The van der Waals surface area contributed by atoms with Gasteiger partial charge in [0.1, 0.15) is 0 Å². The number of benzene rings is 2. The summed E-state index contributed by atoms with van der Waals surface area (Å²) in [6.45, 7) is 0. The Kier molecular flexibility index (Phi) is 7.17. The van der Waals surface area contributed by atoms with E-state index in [1.807, 2.05) is 42.5 Å². The van der Waals surface area contributed by atoms with Crippen molar-refractivity contribution < 1.29 is 30.0 Å².